The third-order valence-electron chi connectivity index (χ3n) is 25.0. The maximum absolute atomic E-state index is 10.3. The average molecular weight is 1590 g/mol. The van der Waals surface area contributed by atoms with E-state index in [1.807, 2.05) is 146 Å². The van der Waals surface area contributed by atoms with Crippen molar-refractivity contribution < 1.29 is 30.8 Å². The van der Waals surface area contributed by atoms with E-state index in [0.29, 0.717) is 72.8 Å². The molecule has 0 atom stereocenters. The normalized spacial score (nSPS) is 14.6. The first-order valence-electron chi connectivity index (χ1n) is 49.6. The summed E-state index contributed by atoms with van der Waals surface area (Å²) in [4.78, 5) is 4.27. The van der Waals surface area contributed by atoms with Crippen molar-refractivity contribution >= 4 is 145 Å². The lowest BCUT2D eigenvalue weighted by atomic mass is 9.33. The van der Waals surface area contributed by atoms with Crippen molar-refractivity contribution in [1.82, 2.24) is 9.13 Å². The molecule has 2 aliphatic rings. The Balaban J connectivity index is 0.867. The molecule has 123 heavy (non-hydrogen) atoms. The van der Waals surface area contributed by atoms with Gasteiger partial charge >= 0.3 is 0 Å². The fourth-order valence-corrected chi connectivity index (χ4v) is 19.1. The van der Waals surface area contributed by atoms with Crippen LogP contribution < -0.4 is 26.2 Å². The predicted molar refractivity (Wildman–Crippen MR) is 519 cm³/mol. The molecule has 0 aliphatic carbocycles. The molecule has 0 spiro atoms. The second kappa shape index (κ2) is 27.7. The Labute approximate surface area is 737 Å². The minimum atomic E-state index is -0.847. The molecule has 0 bridgehead atoms. The minimum absolute atomic E-state index is 0.111. The molecule has 0 saturated carbocycles. The van der Waals surface area contributed by atoms with Crippen molar-refractivity contribution in [2.45, 2.75) is 52.4 Å². The molecule has 4 aromatic heterocycles. The smallest absolute Gasteiger partial charge is 0.252 e. The average Bonchev–Trinajstić information content (AvgIpc) is 1.67. The standard InChI is InChI=1S/C116H83BN4O2/c1-115(2,3)84-65-81(66-85(68-84)116(4,5)6)76-55-57-98-106(67-76)120(104-53-29-47-96-94-45-27-43-88(111(94)122-113(96)104)82-61-77(72-31-11-7-12-32-72)59-78(62-82)73-33-13-8-14-34-73)108-70-87(119-102-51-25-21-41-92(102)93-42-22-26-52-103(93)119)71-109-110(108)117(98)99-58-56-86(118-100-49-23-19-39-90(100)91-40-20-24-50-101(91)118)69-107(99)121(109)105-54-30-48-97-95-46-28-44-89(112(95)123-114(97)105)83-63-79(74-35-15-9-16-36-74)60-80(64-83)75-37-17-10-18-38-75/h7-71H,1-6H3/i19D,20D,21D,22D,23D,24D,25D,26D,39D,40D,41D,42D,49D,50D,51D,52D. The van der Waals surface area contributed by atoms with E-state index in [-0.39, 0.29) is 65.8 Å². The molecule has 2 aliphatic heterocycles. The number of nitrogens with zero attached hydrogens (tertiary/aromatic N) is 4. The third kappa shape index (κ3) is 11.5. The quantitative estimate of drug-likeness (QED) is 0.121. The summed E-state index contributed by atoms with van der Waals surface area (Å²) in [6.45, 7) is 12.4. The summed E-state index contributed by atoms with van der Waals surface area (Å²) >= 11 is 0. The number of rotatable bonds is 11. The lowest BCUT2D eigenvalue weighted by Crippen LogP contribution is -2.61. The number of para-hydroxylation sites is 8. The maximum atomic E-state index is 10.3. The van der Waals surface area contributed by atoms with Crippen molar-refractivity contribution in [1.29, 1.82) is 0 Å². The molecule has 6 nitrogen and oxygen atoms in total. The van der Waals surface area contributed by atoms with Crippen LogP contribution in [0.3, 0.4) is 0 Å². The fourth-order valence-electron chi connectivity index (χ4n) is 19.1. The van der Waals surface area contributed by atoms with Crippen LogP contribution in [-0.2, 0) is 10.8 Å². The van der Waals surface area contributed by atoms with Gasteiger partial charge in [0.05, 0.1) is 61.1 Å². The van der Waals surface area contributed by atoms with E-state index in [4.69, 9.17) is 8.83 Å². The number of aromatic nitrogens is 2. The Morgan fingerprint density at radius 3 is 0.976 bits per heavy atom. The van der Waals surface area contributed by atoms with Crippen molar-refractivity contribution in [3.05, 3.63) is 405 Å². The Kier molecular flexibility index (Phi) is 12.9. The van der Waals surface area contributed by atoms with Gasteiger partial charge in [-0.15, -0.1) is 0 Å². The second-order valence-electron chi connectivity index (χ2n) is 34.3. The predicted octanol–water partition coefficient (Wildman–Crippen LogP) is 30.0. The molecule has 6 heterocycles. The zero-order valence-electron chi connectivity index (χ0n) is 84.0. The van der Waals surface area contributed by atoms with Gasteiger partial charge in [0.1, 0.15) is 11.2 Å². The number of furan rings is 2. The molecule has 582 valence electrons. The van der Waals surface area contributed by atoms with Gasteiger partial charge in [0.2, 0.25) is 0 Å². The molecule has 0 unspecified atom stereocenters. The third-order valence-corrected chi connectivity index (χ3v) is 25.0. The maximum Gasteiger partial charge on any atom is 0.252 e. The van der Waals surface area contributed by atoms with E-state index >= 15 is 0 Å². The second-order valence-corrected chi connectivity index (χ2v) is 34.3. The van der Waals surface area contributed by atoms with Gasteiger partial charge in [0, 0.05) is 82.7 Å². The van der Waals surface area contributed by atoms with E-state index in [1.165, 1.54) is 4.57 Å². The van der Waals surface area contributed by atoms with Crippen molar-refractivity contribution in [3.63, 3.8) is 0 Å². The molecular weight excluding hydrogens is 1490 g/mol. The van der Waals surface area contributed by atoms with Gasteiger partial charge in [-0.3, -0.25) is 0 Å². The first-order chi connectivity index (χ1) is 66.9. The van der Waals surface area contributed by atoms with Crippen LogP contribution in [0.4, 0.5) is 34.1 Å². The molecule has 0 radical (unpaired) electrons. The van der Waals surface area contributed by atoms with Gasteiger partial charge in [0.15, 0.2) is 11.2 Å². The summed E-state index contributed by atoms with van der Waals surface area (Å²) < 4.78 is 174. The van der Waals surface area contributed by atoms with Crippen LogP contribution in [0, 0.1) is 0 Å². The SMILES string of the molecule is [2H]c1c([2H])c([2H])c2c(c1[2H])c1c([2H])c([2H])c([2H])c([2H])c1n2-c1ccc2c(c1)N(c1cccc3c1oc1c(-c4cc(-c5ccccc5)cc(-c5ccccc5)c4)cccc13)c1cc(-n3c4c([2H])c([2H])c([2H])c([2H])c4c4c([2H])c([2H])c([2H])c([2H])c43)cc3c1B2c1ccc(-c2cc(C(C)(C)C)cc(C(C)(C)C)c2)cc1N3c1cccc2c1oc1c(-c3cc(-c4ccccc4)cc(-c4ccccc4)c3)cccc12. The summed E-state index contributed by atoms with van der Waals surface area (Å²) in [5.74, 6) is 0. The summed E-state index contributed by atoms with van der Waals surface area (Å²) in [6, 6.07) is 92.4. The summed E-state index contributed by atoms with van der Waals surface area (Å²) in [7, 11) is 0. The highest BCUT2D eigenvalue weighted by atomic mass is 16.3. The molecule has 18 aromatic carbocycles. The summed E-state index contributed by atoms with van der Waals surface area (Å²) in [5.41, 5.74) is 21.7. The molecule has 0 fully saturated rings. The fraction of sp³-hybridized carbons (Fsp3) is 0.0690. The van der Waals surface area contributed by atoms with Crippen LogP contribution in [0.5, 0.6) is 0 Å². The Morgan fingerprint density at radius 2 is 0.577 bits per heavy atom. The van der Waals surface area contributed by atoms with E-state index in [1.54, 1.807) is 4.57 Å². The molecule has 24 rings (SSSR count). The molecule has 22 aromatic rings. The lowest BCUT2D eigenvalue weighted by Gasteiger charge is -2.44. The van der Waals surface area contributed by atoms with Gasteiger partial charge in [-0.25, -0.2) is 0 Å². The van der Waals surface area contributed by atoms with Crippen molar-refractivity contribution in [2.24, 2.45) is 0 Å². The molecule has 0 amide bonds. The molecular formula is C116H83BN4O2. The van der Waals surface area contributed by atoms with Gasteiger partial charge < -0.3 is 27.8 Å². The molecule has 0 N–H and O–H groups in total. The van der Waals surface area contributed by atoms with Crippen molar-refractivity contribution in [3.8, 4) is 89.3 Å². The highest BCUT2D eigenvalue weighted by molar-refractivity contribution is 7.00. The van der Waals surface area contributed by atoms with E-state index < -0.39 is 103 Å². The highest BCUT2D eigenvalue weighted by Gasteiger charge is 2.46. The van der Waals surface area contributed by atoms with Gasteiger partial charge in [-0.1, -0.05) is 332 Å². The van der Waals surface area contributed by atoms with Gasteiger partial charge in [0.25, 0.3) is 6.71 Å². The number of hydrogen-bond donors (Lipinski definition) is 0. The number of benzene rings is 18. The number of hydrogen-bond acceptors (Lipinski definition) is 4. The number of anilines is 6. The van der Waals surface area contributed by atoms with E-state index in [9.17, 15) is 21.9 Å². The largest absolute Gasteiger partial charge is 0.453 e. The zero-order valence-corrected chi connectivity index (χ0v) is 68.0. The first-order valence-corrected chi connectivity index (χ1v) is 41.6. The lowest BCUT2D eigenvalue weighted by molar-refractivity contribution is 0.569. The van der Waals surface area contributed by atoms with Crippen LogP contribution in [0.25, 0.3) is 177 Å². The Hall–Kier alpha value is -15.2. The van der Waals surface area contributed by atoms with Gasteiger partial charge in [-0.2, -0.15) is 0 Å². The van der Waals surface area contributed by atoms with E-state index in [0.717, 1.165) is 111 Å². The summed E-state index contributed by atoms with van der Waals surface area (Å²) in [6.07, 6.45) is 0. The topological polar surface area (TPSA) is 42.6 Å². The Morgan fingerprint density at radius 1 is 0.244 bits per heavy atom. The first kappa shape index (κ1) is 57.1. The van der Waals surface area contributed by atoms with Crippen LogP contribution in [-0.4, -0.2) is 15.8 Å². The highest BCUT2D eigenvalue weighted by Crippen LogP contribution is 2.54. The van der Waals surface area contributed by atoms with E-state index in [2.05, 4.69) is 203 Å². The van der Waals surface area contributed by atoms with Crippen LogP contribution in [0.2, 0.25) is 0 Å². The van der Waals surface area contributed by atoms with Crippen LogP contribution in [0.15, 0.2) is 403 Å². The van der Waals surface area contributed by atoms with Crippen molar-refractivity contribution in [2.75, 3.05) is 9.80 Å². The number of fused-ring (bicyclic) bond motifs is 16. The monoisotopic (exact) mass is 1590 g/mol. The van der Waals surface area contributed by atoms with Crippen LogP contribution >= 0.6 is 0 Å². The van der Waals surface area contributed by atoms with Gasteiger partial charge in [-0.05, 0) is 208 Å². The van der Waals surface area contributed by atoms with Crippen LogP contribution in [0.1, 0.15) is 74.6 Å². The summed E-state index contributed by atoms with van der Waals surface area (Å²) in [5, 5.41) is 2.48. The molecule has 0 saturated heterocycles. The Bertz CT molecular complexity index is 8840. The zero-order chi connectivity index (χ0) is 96.0. The minimum Gasteiger partial charge on any atom is -0.453 e. The molecule has 7 heteroatoms.